The first-order chi connectivity index (χ1) is 17.3. The predicted octanol–water partition coefficient (Wildman–Crippen LogP) is 3.36. The van der Waals surface area contributed by atoms with Gasteiger partial charge in [-0.25, -0.2) is 26.9 Å². The number of fused-ring (bicyclic) bond motifs is 1. The van der Waals surface area contributed by atoms with Crippen LogP contribution in [0.15, 0.2) is 84.3 Å². The number of hydrogen-bond acceptors (Lipinski definition) is 6. The molecule has 0 fully saturated rings. The van der Waals surface area contributed by atoms with Gasteiger partial charge in [0.2, 0.25) is 5.91 Å². The fourth-order valence-corrected chi connectivity index (χ4v) is 5.25. The minimum atomic E-state index is -4.30. The SMILES string of the molecule is O=C(CS(=O)(=O)c1cn(Cc2cccc(-n3ccnn3)c2)c2cc(F)cc(F)c12)Nc1ccccn1. The van der Waals surface area contributed by atoms with Gasteiger partial charge in [-0.3, -0.25) is 4.79 Å². The molecular weight excluding hydrogens is 490 g/mol. The highest BCUT2D eigenvalue weighted by Gasteiger charge is 2.27. The monoisotopic (exact) mass is 508 g/mol. The molecule has 0 bridgehead atoms. The Hall–Kier alpha value is -4.45. The summed E-state index contributed by atoms with van der Waals surface area (Å²) in [5.41, 5.74) is 1.47. The zero-order chi connectivity index (χ0) is 25.3. The molecule has 0 aliphatic carbocycles. The Morgan fingerprint density at radius 1 is 1.03 bits per heavy atom. The summed E-state index contributed by atoms with van der Waals surface area (Å²) in [7, 11) is -4.30. The van der Waals surface area contributed by atoms with Gasteiger partial charge >= 0.3 is 0 Å². The largest absolute Gasteiger partial charge is 0.342 e. The maximum atomic E-state index is 14.9. The second-order valence-electron chi connectivity index (χ2n) is 7.94. The van der Waals surface area contributed by atoms with E-state index in [4.69, 9.17) is 0 Å². The fourth-order valence-electron chi connectivity index (χ4n) is 3.88. The van der Waals surface area contributed by atoms with E-state index in [9.17, 15) is 22.0 Å². The van der Waals surface area contributed by atoms with E-state index in [-0.39, 0.29) is 23.3 Å². The maximum Gasteiger partial charge on any atom is 0.241 e. The summed E-state index contributed by atoms with van der Waals surface area (Å²) in [4.78, 5) is 15.9. The van der Waals surface area contributed by atoms with E-state index < -0.39 is 38.0 Å². The topological polar surface area (TPSA) is 112 Å². The highest BCUT2D eigenvalue weighted by atomic mass is 32.2. The van der Waals surface area contributed by atoms with Crippen LogP contribution in [0.2, 0.25) is 0 Å². The lowest BCUT2D eigenvalue weighted by atomic mass is 10.2. The minimum absolute atomic E-state index is 0.0439. The summed E-state index contributed by atoms with van der Waals surface area (Å²) in [6, 6.07) is 13.6. The molecular formula is C24H18F2N6O3S. The molecule has 0 unspecified atom stereocenters. The lowest BCUT2D eigenvalue weighted by Crippen LogP contribution is -2.23. The second kappa shape index (κ2) is 9.30. The molecule has 0 spiro atoms. The van der Waals surface area contributed by atoms with E-state index in [0.29, 0.717) is 11.8 Å². The third-order valence-electron chi connectivity index (χ3n) is 5.40. The van der Waals surface area contributed by atoms with Gasteiger partial charge in [0, 0.05) is 25.0 Å². The van der Waals surface area contributed by atoms with Crippen molar-refractivity contribution < 1.29 is 22.0 Å². The van der Waals surface area contributed by atoms with Crippen LogP contribution < -0.4 is 5.32 Å². The molecule has 2 aromatic carbocycles. The van der Waals surface area contributed by atoms with Crippen LogP contribution in [0.3, 0.4) is 0 Å². The molecule has 1 amide bonds. The van der Waals surface area contributed by atoms with Crippen LogP contribution in [0.5, 0.6) is 0 Å². The lowest BCUT2D eigenvalue weighted by Gasteiger charge is -2.08. The molecule has 0 saturated carbocycles. The number of hydrogen-bond donors (Lipinski definition) is 1. The van der Waals surface area contributed by atoms with E-state index in [2.05, 4.69) is 20.6 Å². The molecule has 0 saturated heterocycles. The van der Waals surface area contributed by atoms with Crippen LogP contribution in [0, 0.1) is 11.6 Å². The Bertz CT molecular complexity index is 1670. The van der Waals surface area contributed by atoms with Gasteiger partial charge < -0.3 is 9.88 Å². The number of halogens is 2. The van der Waals surface area contributed by atoms with Crippen LogP contribution in [0.25, 0.3) is 16.6 Å². The Kier molecular flexibility index (Phi) is 6.02. The number of aromatic nitrogens is 5. The number of carbonyl (C=O) groups excluding carboxylic acids is 1. The van der Waals surface area contributed by atoms with E-state index in [1.54, 1.807) is 47.3 Å². The van der Waals surface area contributed by atoms with E-state index in [0.717, 1.165) is 11.6 Å². The first-order valence-electron chi connectivity index (χ1n) is 10.7. The van der Waals surface area contributed by atoms with Gasteiger partial charge in [-0.2, -0.15) is 0 Å². The summed E-state index contributed by atoms with van der Waals surface area (Å²) >= 11 is 0. The van der Waals surface area contributed by atoms with E-state index in [1.165, 1.54) is 29.2 Å². The van der Waals surface area contributed by atoms with Crippen molar-refractivity contribution in [1.82, 2.24) is 24.5 Å². The van der Waals surface area contributed by atoms with Crippen molar-refractivity contribution in [3.05, 3.63) is 96.6 Å². The number of carbonyl (C=O) groups is 1. The van der Waals surface area contributed by atoms with Crippen molar-refractivity contribution in [2.75, 3.05) is 11.1 Å². The standard InChI is InChI=1S/C24H18F2N6O3S/c25-17-11-19(26)24-20(12-17)31(13-16-4-3-5-18(10-16)32-9-8-28-30-32)14-21(24)36(34,35)15-23(33)29-22-6-1-2-7-27-22/h1-12,14H,13,15H2,(H,27,29,33). The molecule has 5 rings (SSSR count). The first-order valence-corrected chi connectivity index (χ1v) is 12.3. The lowest BCUT2D eigenvalue weighted by molar-refractivity contribution is -0.113. The molecule has 9 nitrogen and oxygen atoms in total. The van der Waals surface area contributed by atoms with E-state index >= 15 is 0 Å². The van der Waals surface area contributed by atoms with Crippen LogP contribution in [-0.4, -0.2) is 44.6 Å². The number of pyridine rings is 1. The molecule has 3 aromatic heterocycles. The van der Waals surface area contributed by atoms with Gasteiger partial charge in [0.25, 0.3) is 0 Å². The predicted molar refractivity (Wildman–Crippen MR) is 127 cm³/mol. The van der Waals surface area contributed by atoms with Gasteiger partial charge in [-0.15, -0.1) is 5.10 Å². The van der Waals surface area contributed by atoms with Crippen LogP contribution in [-0.2, 0) is 21.2 Å². The summed E-state index contributed by atoms with van der Waals surface area (Å²) in [6.45, 7) is 0.109. The zero-order valence-electron chi connectivity index (χ0n) is 18.5. The van der Waals surface area contributed by atoms with Gasteiger partial charge in [0.15, 0.2) is 9.84 Å². The van der Waals surface area contributed by atoms with Crippen molar-refractivity contribution in [2.45, 2.75) is 11.4 Å². The molecule has 182 valence electrons. The van der Waals surface area contributed by atoms with Crippen LogP contribution in [0.4, 0.5) is 14.6 Å². The van der Waals surface area contributed by atoms with Crippen molar-refractivity contribution in [2.24, 2.45) is 0 Å². The normalized spacial score (nSPS) is 11.6. The number of benzene rings is 2. The Morgan fingerprint density at radius 3 is 2.64 bits per heavy atom. The van der Waals surface area contributed by atoms with Gasteiger partial charge in [-0.1, -0.05) is 23.4 Å². The molecule has 0 aliphatic heterocycles. The second-order valence-corrected chi connectivity index (χ2v) is 9.90. The molecule has 36 heavy (non-hydrogen) atoms. The van der Waals surface area contributed by atoms with Crippen LogP contribution in [0.1, 0.15) is 5.56 Å². The van der Waals surface area contributed by atoms with Crippen molar-refractivity contribution in [3.8, 4) is 5.69 Å². The summed E-state index contributed by atoms with van der Waals surface area (Å²) in [5.74, 6) is -3.49. The van der Waals surface area contributed by atoms with Crippen molar-refractivity contribution in [3.63, 3.8) is 0 Å². The number of sulfone groups is 1. The number of amides is 1. The Labute approximate surface area is 203 Å². The molecule has 1 N–H and O–H groups in total. The zero-order valence-corrected chi connectivity index (χ0v) is 19.4. The first kappa shape index (κ1) is 23.3. The summed E-state index contributed by atoms with van der Waals surface area (Å²) < 4.78 is 58.4. The van der Waals surface area contributed by atoms with Gasteiger partial charge in [-0.05, 0) is 35.9 Å². The third kappa shape index (κ3) is 4.70. The molecule has 0 atom stereocenters. The Morgan fingerprint density at radius 2 is 1.89 bits per heavy atom. The van der Waals surface area contributed by atoms with Crippen molar-refractivity contribution >= 4 is 32.5 Å². The third-order valence-corrected chi connectivity index (χ3v) is 7.02. The molecule has 0 radical (unpaired) electrons. The highest BCUT2D eigenvalue weighted by molar-refractivity contribution is 7.92. The summed E-state index contributed by atoms with van der Waals surface area (Å²) in [5, 5.41) is 9.83. The highest BCUT2D eigenvalue weighted by Crippen LogP contribution is 2.31. The Balaban J connectivity index is 1.51. The number of nitrogens with zero attached hydrogens (tertiary/aromatic N) is 5. The molecule has 12 heteroatoms. The van der Waals surface area contributed by atoms with Crippen molar-refractivity contribution in [1.29, 1.82) is 0 Å². The average Bonchev–Trinajstić information content (AvgIpc) is 3.49. The molecule has 0 aliphatic rings. The minimum Gasteiger partial charge on any atom is -0.342 e. The van der Waals surface area contributed by atoms with Crippen LogP contribution >= 0.6 is 0 Å². The fraction of sp³-hybridized carbons (Fsp3) is 0.0833. The maximum absolute atomic E-state index is 14.9. The van der Waals surface area contributed by atoms with Gasteiger partial charge in [0.1, 0.15) is 23.2 Å². The summed E-state index contributed by atoms with van der Waals surface area (Å²) in [6.07, 6.45) is 5.85. The number of rotatable bonds is 7. The number of nitrogens with one attached hydrogen (secondary N) is 1. The average molecular weight is 509 g/mol. The quantitative estimate of drug-likeness (QED) is 0.361. The number of anilines is 1. The van der Waals surface area contributed by atoms with E-state index in [1.807, 2.05) is 0 Å². The molecule has 3 heterocycles. The molecule has 5 aromatic rings. The smallest absolute Gasteiger partial charge is 0.241 e. The van der Waals surface area contributed by atoms with Gasteiger partial charge in [0.05, 0.1) is 33.9 Å².